The average molecular weight is 444 g/mol. The maximum Gasteiger partial charge on any atom is 0.280 e. The number of carbonyl (C=O) groups excluding carboxylic acids is 2. The molecule has 5 rings (SSSR count). The molecule has 4 N–H and O–H groups in total. The van der Waals surface area contributed by atoms with Crippen molar-refractivity contribution in [3.63, 3.8) is 0 Å². The lowest BCUT2D eigenvalue weighted by Crippen LogP contribution is -2.48. The summed E-state index contributed by atoms with van der Waals surface area (Å²) in [6.45, 7) is 1.67. The molecule has 2 atom stereocenters. The molecule has 9 heteroatoms. The molecule has 1 fully saturated rings. The zero-order valence-electron chi connectivity index (χ0n) is 16.3. The van der Waals surface area contributed by atoms with Crippen LogP contribution >= 0.6 is 22.9 Å². The first-order valence-corrected chi connectivity index (χ1v) is 11.4. The highest BCUT2D eigenvalue weighted by atomic mass is 35.5. The van der Waals surface area contributed by atoms with Crippen LogP contribution in [0.15, 0.2) is 24.3 Å². The second-order valence-electron chi connectivity index (χ2n) is 7.82. The molecule has 156 valence electrons. The van der Waals surface area contributed by atoms with Crippen LogP contribution in [0.2, 0.25) is 5.02 Å². The van der Waals surface area contributed by atoms with Crippen molar-refractivity contribution < 1.29 is 9.59 Å². The number of halogens is 1. The van der Waals surface area contributed by atoms with Crippen molar-refractivity contribution in [3.05, 3.63) is 50.6 Å². The first kappa shape index (κ1) is 19.5. The van der Waals surface area contributed by atoms with E-state index in [9.17, 15) is 9.59 Å². The van der Waals surface area contributed by atoms with Crippen molar-refractivity contribution in [2.45, 2.75) is 44.3 Å². The van der Waals surface area contributed by atoms with E-state index in [1.54, 1.807) is 12.1 Å². The molecule has 2 amide bonds. The van der Waals surface area contributed by atoms with Gasteiger partial charge in [0.25, 0.3) is 11.8 Å². The molecule has 1 aromatic carbocycles. The van der Waals surface area contributed by atoms with Crippen LogP contribution in [-0.2, 0) is 13.0 Å². The van der Waals surface area contributed by atoms with Crippen molar-refractivity contribution in [1.82, 2.24) is 25.9 Å². The van der Waals surface area contributed by atoms with Gasteiger partial charge in [-0.3, -0.25) is 9.59 Å². The quantitative estimate of drug-likeness (QED) is 0.498. The molecular formula is C21H22ClN5O2S. The zero-order valence-corrected chi connectivity index (χ0v) is 17.8. The number of hydrogen-bond acceptors (Lipinski definition) is 5. The van der Waals surface area contributed by atoms with Gasteiger partial charge >= 0.3 is 0 Å². The van der Waals surface area contributed by atoms with E-state index in [0.29, 0.717) is 15.7 Å². The van der Waals surface area contributed by atoms with Crippen molar-refractivity contribution in [3.8, 4) is 0 Å². The number of thiazole rings is 1. The van der Waals surface area contributed by atoms with Gasteiger partial charge in [0.2, 0.25) is 0 Å². The predicted octanol–water partition coefficient (Wildman–Crippen LogP) is 3.00. The summed E-state index contributed by atoms with van der Waals surface area (Å²) in [5.41, 5.74) is 2.38. The molecule has 2 aliphatic rings. The maximum absolute atomic E-state index is 12.8. The SMILES string of the molecule is O=C(N[C@@H]1CCC[C@H]1NC(=O)c1nc2c(s1)CNCC2)c1cc2cc(Cl)ccc2[nH]1. The summed E-state index contributed by atoms with van der Waals surface area (Å²) in [4.78, 5) is 34.3. The van der Waals surface area contributed by atoms with Gasteiger partial charge in [0, 0.05) is 52.4 Å². The van der Waals surface area contributed by atoms with Gasteiger partial charge in [-0.05, 0) is 43.5 Å². The molecule has 7 nitrogen and oxygen atoms in total. The number of nitrogens with one attached hydrogen (secondary N) is 4. The third kappa shape index (κ3) is 3.82. The lowest BCUT2D eigenvalue weighted by Gasteiger charge is -2.21. The number of carbonyl (C=O) groups is 2. The number of fused-ring (bicyclic) bond motifs is 2. The van der Waals surface area contributed by atoms with E-state index in [2.05, 4.69) is 25.9 Å². The van der Waals surface area contributed by atoms with Crippen molar-refractivity contribution in [2.24, 2.45) is 0 Å². The molecule has 2 aromatic heterocycles. The fraction of sp³-hybridized carbons (Fsp3) is 0.381. The minimum atomic E-state index is -0.177. The Labute approximate surface area is 182 Å². The number of nitrogens with zero attached hydrogens (tertiary/aromatic N) is 1. The molecule has 1 aliphatic heterocycles. The average Bonchev–Trinajstić information content (AvgIpc) is 3.45. The van der Waals surface area contributed by atoms with Gasteiger partial charge in [0.15, 0.2) is 5.01 Å². The van der Waals surface area contributed by atoms with Crippen LogP contribution in [-0.4, -0.2) is 40.4 Å². The Morgan fingerprint density at radius 2 is 1.93 bits per heavy atom. The van der Waals surface area contributed by atoms with Crippen LogP contribution < -0.4 is 16.0 Å². The minimum Gasteiger partial charge on any atom is -0.351 e. The minimum absolute atomic E-state index is 0.0978. The van der Waals surface area contributed by atoms with E-state index < -0.39 is 0 Å². The number of hydrogen-bond donors (Lipinski definition) is 4. The van der Waals surface area contributed by atoms with Crippen LogP contribution in [0.25, 0.3) is 10.9 Å². The van der Waals surface area contributed by atoms with E-state index in [1.807, 2.05) is 12.1 Å². The molecule has 3 heterocycles. The molecule has 30 heavy (non-hydrogen) atoms. The summed E-state index contributed by atoms with van der Waals surface area (Å²) in [5.74, 6) is -0.329. The Hall–Kier alpha value is -2.42. The van der Waals surface area contributed by atoms with Crippen LogP contribution in [0.1, 0.15) is 50.1 Å². The van der Waals surface area contributed by atoms with Gasteiger partial charge in [0.05, 0.1) is 5.69 Å². The Balaban J connectivity index is 1.25. The molecule has 0 unspecified atom stereocenters. The van der Waals surface area contributed by atoms with Gasteiger partial charge in [0.1, 0.15) is 5.69 Å². The standard InChI is InChI=1S/C21H22ClN5O2S/c22-12-4-5-13-11(8-12)9-17(24-13)19(28)25-14-2-1-3-15(14)26-20(29)21-27-16-6-7-23-10-18(16)30-21/h4-5,8-9,14-15,23-24H,1-3,6-7,10H2,(H,25,28)(H,26,29)/t14-,15-/m1/s1. The number of H-pyrrole nitrogens is 1. The smallest absolute Gasteiger partial charge is 0.280 e. The van der Waals surface area contributed by atoms with Gasteiger partial charge in [-0.1, -0.05) is 11.6 Å². The third-order valence-corrected chi connectivity index (χ3v) is 7.10. The Kier molecular flexibility index (Phi) is 5.22. The van der Waals surface area contributed by atoms with Crippen molar-refractivity contribution in [1.29, 1.82) is 0 Å². The topological polar surface area (TPSA) is 98.9 Å². The summed E-state index contributed by atoms with van der Waals surface area (Å²) in [6.07, 6.45) is 3.49. The second-order valence-corrected chi connectivity index (χ2v) is 9.34. The summed E-state index contributed by atoms with van der Waals surface area (Å²) in [5, 5.41) is 11.5. The Morgan fingerprint density at radius 3 is 2.73 bits per heavy atom. The number of rotatable bonds is 4. The molecule has 0 saturated heterocycles. The van der Waals surface area contributed by atoms with E-state index in [1.165, 1.54) is 11.3 Å². The highest BCUT2D eigenvalue weighted by Gasteiger charge is 2.31. The van der Waals surface area contributed by atoms with E-state index >= 15 is 0 Å². The predicted molar refractivity (Wildman–Crippen MR) is 117 cm³/mol. The molecule has 3 aromatic rings. The molecular weight excluding hydrogens is 422 g/mol. The highest BCUT2D eigenvalue weighted by Crippen LogP contribution is 2.25. The lowest BCUT2D eigenvalue weighted by atomic mass is 10.1. The van der Waals surface area contributed by atoms with Crippen molar-refractivity contribution >= 4 is 45.7 Å². The maximum atomic E-state index is 12.8. The Morgan fingerprint density at radius 1 is 1.13 bits per heavy atom. The zero-order chi connectivity index (χ0) is 20.7. The van der Waals surface area contributed by atoms with E-state index in [4.69, 9.17) is 11.6 Å². The summed E-state index contributed by atoms with van der Waals surface area (Å²) in [6, 6.07) is 7.07. The number of benzene rings is 1. The van der Waals surface area contributed by atoms with Crippen LogP contribution in [0.3, 0.4) is 0 Å². The summed E-state index contributed by atoms with van der Waals surface area (Å²) < 4.78 is 0. The molecule has 0 spiro atoms. The Bertz CT molecular complexity index is 1100. The lowest BCUT2D eigenvalue weighted by molar-refractivity contribution is 0.0889. The van der Waals surface area contributed by atoms with Gasteiger partial charge in [-0.2, -0.15) is 0 Å². The molecule has 1 aliphatic carbocycles. The van der Waals surface area contributed by atoms with Gasteiger partial charge in [-0.25, -0.2) is 4.98 Å². The van der Waals surface area contributed by atoms with Crippen LogP contribution in [0, 0.1) is 0 Å². The van der Waals surface area contributed by atoms with Crippen LogP contribution in [0.4, 0.5) is 0 Å². The first-order chi connectivity index (χ1) is 14.6. The number of amides is 2. The van der Waals surface area contributed by atoms with Crippen LogP contribution in [0.5, 0.6) is 0 Å². The van der Waals surface area contributed by atoms with Gasteiger partial charge < -0.3 is 20.9 Å². The van der Waals surface area contributed by atoms with Crippen molar-refractivity contribution in [2.75, 3.05) is 6.54 Å². The molecule has 0 radical (unpaired) electrons. The van der Waals surface area contributed by atoms with E-state index in [-0.39, 0.29) is 23.9 Å². The molecule has 1 saturated carbocycles. The fourth-order valence-corrected chi connectivity index (χ4v) is 5.39. The first-order valence-electron chi connectivity index (χ1n) is 10.2. The molecule has 0 bridgehead atoms. The summed E-state index contributed by atoms with van der Waals surface area (Å²) in [7, 11) is 0. The largest absolute Gasteiger partial charge is 0.351 e. The fourth-order valence-electron chi connectivity index (χ4n) is 4.23. The highest BCUT2D eigenvalue weighted by molar-refractivity contribution is 7.13. The number of aromatic nitrogens is 2. The third-order valence-electron chi connectivity index (χ3n) is 5.77. The number of aromatic amines is 1. The summed E-state index contributed by atoms with van der Waals surface area (Å²) >= 11 is 7.49. The van der Waals surface area contributed by atoms with Gasteiger partial charge in [-0.15, -0.1) is 11.3 Å². The second kappa shape index (κ2) is 8.02. The monoisotopic (exact) mass is 443 g/mol. The van der Waals surface area contributed by atoms with E-state index in [0.717, 1.165) is 60.2 Å². The normalized spacial score (nSPS) is 20.8.